The number of ether oxygens (including phenoxy) is 2. The van der Waals surface area contributed by atoms with Crippen molar-refractivity contribution in [1.82, 2.24) is 0 Å². The highest BCUT2D eigenvalue weighted by molar-refractivity contribution is 6.30. The van der Waals surface area contributed by atoms with Gasteiger partial charge in [0, 0.05) is 17.3 Å². The fourth-order valence-corrected chi connectivity index (χ4v) is 2.81. The van der Waals surface area contributed by atoms with E-state index in [1.54, 1.807) is 42.5 Å². The molecule has 2 atom stereocenters. The summed E-state index contributed by atoms with van der Waals surface area (Å²) < 4.78 is 10.6. The van der Waals surface area contributed by atoms with Gasteiger partial charge in [0.05, 0.1) is 7.11 Å². The maximum absolute atomic E-state index is 12.1. The fourth-order valence-electron chi connectivity index (χ4n) is 2.61. The van der Waals surface area contributed by atoms with Crippen LogP contribution in [0.1, 0.15) is 31.4 Å². The summed E-state index contributed by atoms with van der Waals surface area (Å²) in [6, 6.07) is 11.1. The molecule has 7 heteroatoms. The van der Waals surface area contributed by atoms with Crippen LogP contribution in [0.3, 0.4) is 0 Å². The highest BCUT2D eigenvalue weighted by atomic mass is 35.5. The molecule has 0 aliphatic heterocycles. The molecule has 1 N–H and O–H groups in total. The Labute approximate surface area is 180 Å². The zero-order chi connectivity index (χ0) is 22.1. The van der Waals surface area contributed by atoms with Crippen LogP contribution in [0.4, 0.5) is 0 Å². The quantitative estimate of drug-likeness (QED) is 0.265. The zero-order valence-electron chi connectivity index (χ0n) is 17.0. The van der Waals surface area contributed by atoms with Gasteiger partial charge in [0.15, 0.2) is 11.5 Å². The number of aliphatic carboxylic acids is 1. The summed E-state index contributed by atoms with van der Waals surface area (Å²) in [6.45, 7) is 3.76. The van der Waals surface area contributed by atoms with Gasteiger partial charge in [-0.3, -0.25) is 4.99 Å². The number of methoxy groups -OCH3 is 1. The first-order valence-electron chi connectivity index (χ1n) is 9.43. The van der Waals surface area contributed by atoms with E-state index in [1.165, 1.54) is 19.4 Å². The van der Waals surface area contributed by atoms with E-state index in [0.29, 0.717) is 22.8 Å². The molecular formula is C23H24ClNO5. The topological polar surface area (TPSA) is 85.2 Å². The zero-order valence-corrected chi connectivity index (χ0v) is 17.8. The minimum Gasteiger partial charge on any atom is -0.493 e. The predicted octanol–water partition coefficient (Wildman–Crippen LogP) is 4.89. The summed E-state index contributed by atoms with van der Waals surface area (Å²) in [5, 5.41) is 9.91. The average molecular weight is 430 g/mol. The number of carboxylic acid groups (broad SMARTS) is 1. The largest absolute Gasteiger partial charge is 0.493 e. The lowest BCUT2D eigenvalue weighted by atomic mass is 10.00. The first kappa shape index (κ1) is 23.2. The van der Waals surface area contributed by atoms with E-state index in [0.717, 1.165) is 5.56 Å². The molecule has 0 fully saturated rings. The summed E-state index contributed by atoms with van der Waals surface area (Å²) in [7, 11) is 1.45. The minimum atomic E-state index is -0.968. The molecule has 0 spiro atoms. The third kappa shape index (κ3) is 6.74. The Morgan fingerprint density at radius 3 is 2.57 bits per heavy atom. The van der Waals surface area contributed by atoms with Crippen molar-refractivity contribution in [3.05, 3.63) is 64.7 Å². The van der Waals surface area contributed by atoms with E-state index < -0.39 is 18.0 Å². The molecule has 0 amide bonds. The van der Waals surface area contributed by atoms with Crippen LogP contribution in [0.2, 0.25) is 5.02 Å². The minimum absolute atomic E-state index is 0.0906. The van der Waals surface area contributed by atoms with Crippen molar-refractivity contribution in [2.24, 2.45) is 10.9 Å². The standard InChI is InChI=1S/C23H24ClNO5/c1-4-15(2)22(23(27)28)25-14-17-8-10-19(20(13-17)29-3)30-21(26)11-9-16-6-5-7-18(24)12-16/h5-15,22H,4H2,1-3H3,(H,27,28)/b11-9+,25-14?. The molecule has 2 aromatic rings. The lowest BCUT2D eigenvalue weighted by molar-refractivity contribution is -0.139. The predicted molar refractivity (Wildman–Crippen MR) is 118 cm³/mol. The first-order chi connectivity index (χ1) is 14.3. The number of hydrogen-bond donors (Lipinski definition) is 1. The third-order valence-corrected chi connectivity index (χ3v) is 4.71. The van der Waals surface area contributed by atoms with Gasteiger partial charge in [0.1, 0.15) is 6.04 Å². The van der Waals surface area contributed by atoms with Gasteiger partial charge in [-0.15, -0.1) is 0 Å². The van der Waals surface area contributed by atoms with Crippen LogP contribution >= 0.6 is 11.6 Å². The number of rotatable bonds is 9. The van der Waals surface area contributed by atoms with Crippen LogP contribution < -0.4 is 9.47 Å². The molecule has 0 aliphatic rings. The fraction of sp³-hybridized carbons (Fsp3) is 0.261. The van der Waals surface area contributed by atoms with Crippen molar-refractivity contribution in [1.29, 1.82) is 0 Å². The van der Waals surface area contributed by atoms with Crippen molar-refractivity contribution in [3.8, 4) is 11.5 Å². The monoisotopic (exact) mass is 429 g/mol. The molecule has 158 valence electrons. The second-order valence-corrected chi connectivity index (χ2v) is 7.10. The molecule has 6 nitrogen and oxygen atoms in total. The molecule has 0 heterocycles. The maximum Gasteiger partial charge on any atom is 0.336 e. The van der Waals surface area contributed by atoms with Crippen LogP contribution in [-0.4, -0.2) is 36.4 Å². The van der Waals surface area contributed by atoms with E-state index in [1.807, 2.05) is 19.9 Å². The Morgan fingerprint density at radius 2 is 1.93 bits per heavy atom. The number of carbonyl (C=O) groups is 2. The van der Waals surface area contributed by atoms with Gasteiger partial charge in [0.25, 0.3) is 0 Å². The molecule has 2 rings (SSSR count). The molecule has 0 saturated heterocycles. The Morgan fingerprint density at radius 1 is 1.17 bits per heavy atom. The van der Waals surface area contributed by atoms with Crippen molar-refractivity contribution < 1.29 is 24.2 Å². The lowest BCUT2D eigenvalue weighted by Crippen LogP contribution is -2.25. The summed E-state index contributed by atoms with van der Waals surface area (Å²) in [5.74, 6) is -1.06. The molecule has 0 radical (unpaired) electrons. The maximum atomic E-state index is 12.1. The smallest absolute Gasteiger partial charge is 0.336 e. The normalized spacial score (nSPS) is 13.3. The van der Waals surface area contributed by atoms with Gasteiger partial charge >= 0.3 is 11.9 Å². The Hall–Kier alpha value is -3.12. The van der Waals surface area contributed by atoms with Crippen molar-refractivity contribution in [2.75, 3.05) is 7.11 Å². The third-order valence-electron chi connectivity index (χ3n) is 4.48. The highest BCUT2D eigenvalue weighted by Gasteiger charge is 2.21. The molecule has 30 heavy (non-hydrogen) atoms. The van der Waals surface area contributed by atoms with Gasteiger partial charge in [-0.1, -0.05) is 44.0 Å². The number of halogens is 1. The Kier molecular flexibility index (Phi) is 8.62. The number of aliphatic imine (C=N–C) groups is 1. The van der Waals surface area contributed by atoms with Gasteiger partial charge < -0.3 is 14.6 Å². The summed E-state index contributed by atoms with van der Waals surface area (Å²) >= 11 is 5.92. The average Bonchev–Trinajstić information content (AvgIpc) is 2.72. The molecular weight excluding hydrogens is 406 g/mol. The number of carboxylic acids is 1. The van der Waals surface area contributed by atoms with E-state index in [4.69, 9.17) is 21.1 Å². The van der Waals surface area contributed by atoms with Crippen molar-refractivity contribution >= 4 is 35.8 Å². The number of hydrogen-bond acceptors (Lipinski definition) is 5. The molecule has 0 bridgehead atoms. The number of carbonyl (C=O) groups excluding carboxylic acids is 1. The van der Waals surface area contributed by atoms with Gasteiger partial charge in [-0.05, 0) is 53.5 Å². The molecule has 0 aliphatic carbocycles. The van der Waals surface area contributed by atoms with Crippen LogP contribution in [0.15, 0.2) is 53.5 Å². The van der Waals surface area contributed by atoms with E-state index >= 15 is 0 Å². The lowest BCUT2D eigenvalue weighted by Gasteiger charge is -2.14. The van der Waals surface area contributed by atoms with Crippen molar-refractivity contribution in [3.63, 3.8) is 0 Å². The molecule has 0 aromatic heterocycles. The number of nitrogens with zero attached hydrogens (tertiary/aromatic N) is 1. The second-order valence-electron chi connectivity index (χ2n) is 6.67. The summed E-state index contributed by atoms with van der Waals surface area (Å²) in [5.41, 5.74) is 1.41. The van der Waals surface area contributed by atoms with Crippen LogP contribution in [0.25, 0.3) is 6.08 Å². The molecule has 0 saturated carbocycles. The Bertz CT molecular complexity index is 954. The highest BCUT2D eigenvalue weighted by Crippen LogP contribution is 2.28. The summed E-state index contributed by atoms with van der Waals surface area (Å²) in [6.07, 6.45) is 5.08. The SMILES string of the molecule is CCC(C)C(N=Cc1ccc(OC(=O)/C=C/c2cccc(Cl)c2)c(OC)c1)C(=O)O. The van der Waals surface area contributed by atoms with Crippen LogP contribution in [-0.2, 0) is 9.59 Å². The van der Waals surface area contributed by atoms with E-state index in [2.05, 4.69) is 4.99 Å². The molecule has 2 aromatic carbocycles. The Balaban J connectivity index is 2.12. The van der Waals surface area contributed by atoms with Gasteiger partial charge in [-0.25, -0.2) is 9.59 Å². The first-order valence-corrected chi connectivity index (χ1v) is 9.81. The van der Waals surface area contributed by atoms with E-state index in [9.17, 15) is 14.7 Å². The number of benzene rings is 2. The van der Waals surface area contributed by atoms with Crippen LogP contribution in [0, 0.1) is 5.92 Å². The van der Waals surface area contributed by atoms with Gasteiger partial charge in [-0.2, -0.15) is 0 Å². The number of esters is 1. The van der Waals surface area contributed by atoms with Gasteiger partial charge in [0.2, 0.25) is 0 Å². The second kappa shape index (κ2) is 11.2. The summed E-state index contributed by atoms with van der Waals surface area (Å²) in [4.78, 5) is 27.7. The molecule has 2 unspecified atom stereocenters. The van der Waals surface area contributed by atoms with Crippen molar-refractivity contribution in [2.45, 2.75) is 26.3 Å². The van der Waals surface area contributed by atoms with E-state index in [-0.39, 0.29) is 11.7 Å². The van der Waals surface area contributed by atoms with Crippen LogP contribution in [0.5, 0.6) is 11.5 Å².